The smallest absolute Gasteiger partial charge is 0.258 e. The quantitative estimate of drug-likeness (QED) is 0.614. The number of rotatable bonds is 8. The standard InChI is InChI=1S/C20H20ClFN2O4S/c1-11(25)18-23-6-16(29-18)15(26)5-19-8-20(9-19,10-19)24-17(27)7-28-12-2-3-13(21)14(22)4-12/h2-4,6,11,25H,5,7-10H2,1H3,(H,24,27). The number of nitrogens with one attached hydrogen (secondary N) is 1. The first-order chi connectivity index (χ1) is 13.7. The van der Waals surface area contributed by atoms with E-state index in [0.717, 1.165) is 25.3 Å². The van der Waals surface area contributed by atoms with Gasteiger partial charge in [-0.15, -0.1) is 11.3 Å². The summed E-state index contributed by atoms with van der Waals surface area (Å²) in [5.74, 6) is -0.605. The second-order valence-corrected chi connectivity index (χ2v) is 9.53. The Morgan fingerprint density at radius 1 is 1.41 bits per heavy atom. The van der Waals surface area contributed by atoms with Crippen LogP contribution in [0.3, 0.4) is 0 Å². The number of aliphatic hydroxyl groups is 1. The van der Waals surface area contributed by atoms with Gasteiger partial charge in [0.25, 0.3) is 5.91 Å². The topological polar surface area (TPSA) is 88.5 Å². The SMILES string of the molecule is CC(O)c1ncc(C(=O)CC23CC(NC(=O)COc4ccc(Cl)c(F)c4)(C2)C3)s1. The Hall–Kier alpha value is -2.03. The van der Waals surface area contributed by atoms with Crippen molar-refractivity contribution >= 4 is 34.6 Å². The summed E-state index contributed by atoms with van der Waals surface area (Å²) in [6.45, 7) is 1.41. The highest BCUT2D eigenvalue weighted by atomic mass is 35.5. The first kappa shape index (κ1) is 20.3. The van der Waals surface area contributed by atoms with Gasteiger partial charge in [-0.1, -0.05) is 11.6 Å². The number of benzene rings is 1. The van der Waals surface area contributed by atoms with Crippen LogP contribution in [0.1, 0.15) is 53.4 Å². The summed E-state index contributed by atoms with van der Waals surface area (Å²) in [5, 5.41) is 13.0. The van der Waals surface area contributed by atoms with Crippen molar-refractivity contribution in [2.45, 2.75) is 44.2 Å². The summed E-state index contributed by atoms with van der Waals surface area (Å²) >= 11 is 6.84. The predicted molar refractivity (Wildman–Crippen MR) is 106 cm³/mol. The minimum absolute atomic E-state index is 0.00376. The fraction of sp³-hybridized carbons (Fsp3) is 0.450. The van der Waals surface area contributed by atoms with Crippen LogP contribution >= 0.6 is 22.9 Å². The van der Waals surface area contributed by atoms with Gasteiger partial charge in [0.2, 0.25) is 0 Å². The molecule has 0 saturated heterocycles. The molecule has 9 heteroatoms. The van der Waals surface area contributed by atoms with Gasteiger partial charge in [0, 0.05) is 24.2 Å². The Labute approximate surface area is 176 Å². The number of aromatic nitrogens is 1. The fourth-order valence-electron chi connectivity index (χ4n) is 4.40. The van der Waals surface area contributed by atoms with Crippen LogP contribution in [0, 0.1) is 11.2 Å². The van der Waals surface area contributed by atoms with Crippen molar-refractivity contribution in [2.75, 3.05) is 6.61 Å². The number of ether oxygens (including phenoxy) is 1. The number of carbonyl (C=O) groups is 2. The molecule has 3 aliphatic carbocycles. The molecule has 1 aromatic heterocycles. The molecule has 2 bridgehead atoms. The molecule has 1 unspecified atom stereocenters. The third kappa shape index (κ3) is 4.01. The van der Waals surface area contributed by atoms with Crippen LogP contribution in [-0.4, -0.2) is 33.9 Å². The number of halogens is 2. The Bertz CT molecular complexity index is 957. The molecule has 0 aliphatic heterocycles. The van der Waals surface area contributed by atoms with Crippen LogP contribution in [0.4, 0.5) is 4.39 Å². The molecule has 3 aliphatic rings. The average Bonchev–Trinajstić information content (AvgIpc) is 3.10. The minimum Gasteiger partial charge on any atom is -0.484 e. The average molecular weight is 439 g/mol. The van der Waals surface area contributed by atoms with E-state index in [9.17, 15) is 19.1 Å². The van der Waals surface area contributed by atoms with Crippen LogP contribution in [0.25, 0.3) is 0 Å². The maximum absolute atomic E-state index is 13.4. The molecule has 154 valence electrons. The van der Waals surface area contributed by atoms with Gasteiger partial charge in [-0.3, -0.25) is 9.59 Å². The van der Waals surface area contributed by atoms with Crippen LogP contribution in [0.5, 0.6) is 5.75 Å². The highest BCUT2D eigenvalue weighted by molar-refractivity contribution is 7.13. The van der Waals surface area contributed by atoms with Crippen LogP contribution in [0.2, 0.25) is 5.02 Å². The maximum Gasteiger partial charge on any atom is 0.258 e. The second kappa shape index (κ2) is 7.34. The van der Waals surface area contributed by atoms with Gasteiger partial charge in [-0.05, 0) is 43.7 Å². The van der Waals surface area contributed by atoms with Gasteiger partial charge in [0.05, 0.1) is 9.90 Å². The van der Waals surface area contributed by atoms with Crippen molar-refractivity contribution in [1.29, 1.82) is 0 Å². The van der Waals surface area contributed by atoms with Gasteiger partial charge in [-0.25, -0.2) is 9.37 Å². The molecular weight excluding hydrogens is 419 g/mol. The van der Waals surface area contributed by atoms with E-state index >= 15 is 0 Å². The summed E-state index contributed by atoms with van der Waals surface area (Å²) in [7, 11) is 0. The van der Waals surface area contributed by atoms with Gasteiger partial charge in [-0.2, -0.15) is 0 Å². The number of hydrogen-bond donors (Lipinski definition) is 2. The molecule has 0 spiro atoms. The van der Waals surface area contributed by atoms with E-state index in [4.69, 9.17) is 16.3 Å². The van der Waals surface area contributed by atoms with E-state index in [1.807, 2.05) is 0 Å². The van der Waals surface area contributed by atoms with Gasteiger partial charge < -0.3 is 15.2 Å². The lowest BCUT2D eigenvalue weighted by molar-refractivity contribution is -0.164. The van der Waals surface area contributed by atoms with E-state index in [1.165, 1.54) is 29.7 Å². The molecule has 2 N–H and O–H groups in total. The van der Waals surface area contributed by atoms with E-state index in [2.05, 4.69) is 10.3 Å². The normalized spacial score (nSPS) is 25.5. The van der Waals surface area contributed by atoms with E-state index in [0.29, 0.717) is 16.3 Å². The number of hydrogen-bond acceptors (Lipinski definition) is 6. The van der Waals surface area contributed by atoms with Crippen LogP contribution < -0.4 is 10.1 Å². The molecule has 0 radical (unpaired) electrons. The minimum atomic E-state index is -0.679. The van der Waals surface area contributed by atoms with Crippen molar-refractivity contribution in [1.82, 2.24) is 10.3 Å². The molecule has 29 heavy (non-hydrogen) atoms. The highest BCUT2D eigenvalue weighted by Crippen LogP contribution is 2.69. The summed E-state index contributed by atoms with van der Waals surface area (Å²) < 4.78 is 18.7. The first-order valence-electron chi connectivity index (χ1n) is 9.25. The Kier molecular flexibility index (Phi) is 5.13. The van der Waals surface area contributed by atoms with Crippen LogP contribution in [0.15, 0.2) is 24.4 Å². The van der Waals surface area contributed by atoms with Crippen molar-refractivity contribution < 1.29 is 23.8 Å². The molecule has 1 amide bonds. The molecule has 6 nitrogen and oxygen atoms in total. The second-order valence-electron chi connectivity index (χ2n) is 8.06. The van der Waals surface area contributed by atoms with Crippen molar-refractivity contribution in [3.63, 3.8) is 0 Å². The summed E-state index contributed by atoms with van der Waals surface area (Å²) in [4.78, 5) is 29.3. The van der Waals surface area contributed by atoms with Gasteiger partial charge >= 0.3 is 0 Å². The predicted octanol–water partition coefficient (Wildman–Crippen LogP) is 3.68. The number of ketones is 1. The Balaban J connectivity index is 1.23. The lowest BCUT2D eigenvalue weighted by atomic mass is 9.38. The number of amides is 1. The van der Waals surface area contributed by atoms with E-state index < -0.39 is 11.9 Å². The number of carbonyl (C=O) groups excluding carboxylic acids is 2. The number of Topliss-reactive ketones (excluding diaryl/α,β-unsaturated/α-hetero) is 1. The third-order valence-electron chi connectivity index (χ3n) is 5.50. The molecule has 5 rings (SSSR count). The lowest BCUT2D eigenvalue weighted by Gasteiger charge is -2.70. The Morgan fingerprint density at radius 3 is 2.76 bits per heavy atom. The number of nitrogens with zero attached hydrogens (tertiary/aromatic N) is 1. The molecule has 1 aromatic carbocycles. The van der Waals surface area contributed by atoms with Crippen LogP contribution in [-0.2, 0) is 4.79 Å². The Morgan fingerprint density at radius 2 is 2.14 bits per heavy atom. The molecule has 1 heterocycles. The lowest BCUT2D eigenvalue weighted by Crippen LogP contribution is -2.75. The molecule has 2 aromatic rings. The number of aliphatic hydroxyl groups excluding tert-OH is 1. The van der Waals surface area contributed by atoms with Gasteiger partial charge in [0.15, 0.2) is 12.4 Å². The van der Waals surface area contributed by atoms with Crippen molar-refractivity contribution in [2.24, 2.45) is 5.41 Å². The maximum atomic E-state index is 13.4. The summed E-state index contributed by atoms with van der Waals surface area (Å²) in [5.41, 5.74) is -0.316. The highest BCUT2D eigenvalue weighted by Gasteiger charge is 2.68. The van der Waals surface area contributed by atoms with E-state index in [-0.39, 0.29) is 40.0 Å². The summed E-state index contributed by atoms with van der Waals surface area (Å²) in [6, 6.07) is 4.02. The summed E-state index contributed by atoms with van der Waals surface area (Å²) in [6.07, 6.45) is 3.54. The molecule has 3 saturated carbocycles. The fourth-order valence-corrected chi connectivity index (χ4v) is 5.31. The molecule has 3 fully saturated rings. The monoisotopic (exact) mass is 438 g/mol. The van der Waals surface area contributed by atoms with Crippen molar-refractivity contribution in [3.05, 3.63) is 45.1 Å². The van der Waals surface area contributed by atoms with Crippen molar-refractivity contribution in [3.8, 4) is 5.75 Å². The zero-order valence-electron chi connectivity index (χ0n) is 15.7. The van der Waals surface area contributed by atoms with E-state index in [1.54, 1.807) is 6.92 Å². The number of thiazole rings is 1. The first-order valence-corrected chi connectivity index (χ1v) is 10.4. The molecular formula is C20H20ClFN2O4S. The van der Waals surface area contributed by atoms with Gasteiger partial charge in [0.1, 0.15) is 22.7 Å². The zero-order valence-corrected chi connectivity index (χ0v) is 17.3. The third-order valence-corrected chi connectivity index (χ3v) is 7.01. The largest absolute Gasteiger partial charge is 0.484 e. The molecule has 1 atom stereocenters. The zero-order chi connectivity index (χ0) is 20.8.